The third-order valence-corrected chi connectivity index (χ3v) is 5.41. The van der Waals surface area contributed by atoms with Gasteiger partial charge in [-0.15, -0.1) is 0 Å². The summed E-state index contributed by atoms with van der Waals surface area (Å²) in [5, 5.41) is 0. The Morgan fingerprint density at radius 3 is 2.70 bits per heavy atom. The van der Waals surface area contributed by atoms with Crippen molar-refractivity contribution in [3.8, 4) is 5.75 Å². The zero-order chi connectivity index (χ0) is 16.7. The van der Waals surface area contributed by atoms with Crippen molar-refractivity contribution in [2.24, 2.45) is 5.41 Å². The summed E-state index contributed by atoms with van der Waals surface area (Å²) in [6.45, 7) is 9.83. The number of benzene rings is 1. The van der Waals surface area contributed by atoms with Crippen LogP contribution in [0.1, 0.15) is 57.3 Å². The van der Waals surface area contributed by atoms with Crippen LogP contribution in [0.25, 0.3) is 0 Å². The minimum absolute atomic E-state index is 0.0652. The van der Waals surface area contributed by atoms with Gasteiger partial charge in [0.15, 0.2) is 5.78 Å². The predicted octanol–water partition coefficient (Wildman–Crippen LogP) is 2.98. The van der Waals surface area contributed by atoms with Crippen molar-refractivity contribution in [3.05, 3.63) is 23.8 Å². The summed E-state index contributed by atoms with van der Waals surface area (Å²) in [4.78, 5) is 11.9. The predicted molar refractivity (Wildman–Crippen MR) is 90.4 cm³/mol. The van der Waals surface area contributed by atoms with Gasteiger partial charge in [0, 0.05) is 13.0 Å². The second kappa shape index (κ2) is 5.95. The van der Waals surface area contributed by atoms with E-state index in [1.54, 1.807) is 0 Å². The largest absolute Gasteiger partial charge is 0.494 e. The van der Waals surface area contributed by atoms with Gasteiger partial charge in [-0.1, -0.05) is 19.9 Å². The normalized spacial score (nSPS) is 23.5. The molecule has 1 aromatic rings. The van der Waals surface area contributed by atoms with Gasteiger partial charge in [-0.3, -0.25) is 4.79 Å². The monoisotopic (exact) mass is 316 g/mol. The average molecular weight is 316 g/mol. The lowest BCUT2D eigenvalue weighted by Crippen LogP contribution is -2.52. The van der Waals surface area contributed by atoms with Gasteiger partial charge in [0.25, 0.3) is 0 Å². The van der Waals surface area contributed by atoms with Gasteiger partial charge in [0.2, 0.25) is 0 Å². The molecule has 0 atom stereocenters. The number of ketones is 1. The molecule has 0 N–H and O–H groups in total. The Bertz CT molecular complexity index is 609. The summed E-state index contributed by atoms with van der Waals surface area (Å²) >= 11 is 0. The summed E-state index contributed by atoms with van der Waals surface area (Å²) in [6, 6.07) is 5.64. The number of fused-ring (bicyclic) bond motifs is 1. The quantitative estimate of drug-likeness (QED) is 0.747. The van der Waals surface area contributed by atoms with E-state index in [2.05, 4.69) is 27.7 Å². The molecule has 5 heteroatoms. The molecule has 0 aromatic heterocycles. The molecule has 2 heterocycles. The van der Waals surface area contributed by atoms with Gasteiger partial charge in [-0.2, -0.15) is 0 Å². The fourth-order valence-corrected chi connectivity index (χ4v) is 3.05. The molecule has 2 aliphatic heterocycles. The molecule has 0 bridgehead atoms. The van der Waals surface area contributed by atoms with Crippen LogP contribution >= 0.6 is 0 Å². The van der Waals surface area contributed by atoms with Crippen LogP contribution < -0.4 is 10.2 Å². The molecule has 3 rings (SSSR count). The zero-order valence-corrected chi connectivity index (χ0v) is 14.5. The number of carbonyl (C=O) groups is 1. The number of carbonyl (C=O) groups excluding carboxylic acids is 1. The summed E-state index contributed by atoms with van der Waals surface area (Å²) in [6.07, 6.45) is 2.52. The molecule has 1 saturated heterocycles. The van der Waals surface area contributed by atoms with Crippen LogP contribution in [-0.4, -0.2) is 31.7 Å². The number of rotatable bonds is 1. The molecule has 0 radical (unpaired) electrons. The van der Waals surface area contributed by atoms with E-state index in [-0.39, 0.29) is 16.8 Å². The summed E-state index contributed by atoms with van der Waals surface area (Å²) < 4.78 is 17.9. The Labute approximate surface area is 138 Å². The Morgan fingerprint density at radius 2 is 1.91 bits per heavy atom. The second-order valence-electron chi connectivity index (χ2n) is 7.60. The first-order valence-electron chi connectivity index (χ1n) is 8.39. The van der Waals surface area contributed by atoms with Gasteiger partial charge >= 0.3 is 7.12 Å². The highest BCUT2D eigenvalue weighted by Gasteiger charge is 2.43. The highest BCUT2D eigenvalue weighted by atomic mass is 16.6. The second-order valence-corrected chi connectivity index (χ2v) is 7.60. The first kappa shape index (κ1) is 16.5. The van der Waals surface area contributed by atoms with Crippen LogP contribution in [-0.2, 0) is 9.31 Å². The lowest BCUT2D eigenvalue weighted by Gasteiger charge is -2.45. The molecule has 0 spiro atoms. The van der Waals surface area contributed by atoms with Crippen LogP contribution in [0.3, 0.4) is 0 Å². The number of hydrogen-bond donors (Lipinski definition) is 0. The summed E-state index contributed by atoms with van der Waals surface area (Å²) in [7, 11) is -0.435. The van der Waals surface area contributed by atoms with Crippen molar-refractivity contribution >= 4 is 18.4 Å². The third-order valence-electron chi connectivity index (χ3n) is 5.41. The van der Waals surface area contributed by atoms with Gasteiger partial charge in [-0.05, 0) is 49.7 Å². The number of ether oxygens (including phenoxy) is 1. The molecule has 124 valence electrons. The van der Waals surface area contributed by atoms with Crippen LogP contribution in [0.5, 0.6) is 5.75 Å². The highest BCUT2D eigenvalue weighted by molar-refractivity contribution is 6.61. The molecular formula is C18H25BO4. The molecule has 0 aliphatic carbocycles. The van der Waals surface area contributed by atoms with Crippen molar-refractivity contribution in [3.63, 3.8) is 0 Å². The molecule has 23 heavy (non-hydrogen) atoms. The molecule has 0 amide bonds. The van der Waals surface area contributed by atoms with E-state index >= 15 is 0 Å². The first-order chi connectivity index (χ1) is 10.8. The molecule has 1 fully saturated rings. The Hall–Kier alpha value is -1.33. The fraction of sp³-hybridized carbons (Fsp3) is 0.611. The maximum absolute atomic E-state index is 11.9. The zero-order valence-electron chi connectivity index (χ0n) is 14.5. The molecule has 2 aliphatic rings. The van der Waals surface area contributed by atoms with Crippen LogP contribution in [0.2, 0.25) is 0 Å². The van der Waals surface area contributed by atoms with Gasteiger partial charge in [0.1, 0.15) is 5.75 Å². The standard InChI is InChI=1S/C18H25BO4/c1-17(2)9-5-10-22-19(23-18(17,3)4)13-6-7-14-15(20)8-11-21-16(14)12-13/h6-7,12H,5,8-11H2,1-4H3. The summed E-state index contributed by atoms with van der Waals surface area (Å²) in [5.74, 6) is 0.781. The molecule has 0 saturated carbocycles. The lowest BCUT2D eigenvalue weighted by molar-refractivity contribution is -0.0485. The minimum atomic E-state index is -0.435. The maximum atomic E-state index is 11.9. The summed E-state index contributed by atoms with van der Waals surface area (Å²) in [5.41, 5.74) is 1.31. The molecule has 4 nitrogen and oxygen atoms in total. The van der Waals surface area contributed by atoms with Gasteiger partial charge in [-0.25, -0.2) is 0 Å². The van der Waals surface area contributed by atoms with Crippen molar-refractivity contribution in [2.75, 3.05) is 13.2 Å². The Morgan fingerprint density at radius 1 is 1.13 bits per heavy atom. The van der Waals surface area contributed by atoms with E-state index in [1.165, 1.54) is 0 Å². The van der Waals surface area contributed by atoms with E-state index in [0.717, 1.165) is 18.3 Å². The van der Waals surface area contributed by atoms with Gasteiger partial charge < -0.3 is 14.0 Å². The van der Waals surface area contributed by atoms with Crippen LogP contribution in [0.15, 0.2) is 18.2 Å². The van der Waals surface area contributed by atoms with E-state index in [9.17, 15) is 4.79 Å². The van der Waals surface area contributed by atoms with Crippen molar-refractivity contribution in [1.29, 1.82) is 0 Å². The molecule has 0 unspecified atom stereocenters. The van der Waals surface area contributed by atoms with E-state index in [1.807, 2.05) is 18.2 Å². The van der Waals surface area contributed by atoms with Gasteiger partial charge in [0.05, 0.1) is 17.8 Å². The van der Waals surface area contributed by atoms with Crippen molar-refractivity contribution < 1.29 is 18.8 Å². The topological polar surface area (TPSA) is 44.8 Å². The SMILES string of the molecule is CC1(C)CCCOB(c2ccc3c(c2)OCCC3=O)OC1(C)C. The Kier molecular flexibility index (Phi) is 4.28. The molecule has 1 aromatic carbocycles. The van der Waals surface area contributed by atoms with E-state index < -0.39 is 7.12 Å². The maximum Gasteiger partial charge on any atom is 0.494 e. The van der Waals surface area contributed by atoms with Crippen molar-refractivity contribution in [2.45, 2.75) is 52.6 Å². The number of Topliss-reactive ketones (excluding diaryl/α,β-unsaturated/α-hetero) is 1. The average Bonchev–Trinajstić information content (AvgIpc) is 2.49. The van der Waals surface area contributed by atoms with Crippen LogP contribution in [0.4, 0.5) is 0 Å². The first-order valence-corrected chi connectivity index (χ1v) is 8.39. The lowest BCUT2D eigenvalue weighted by atomic mass is 9.69. The minimum Gasteiger partial charge on any atom is -0.492 e. The Balaban J connectivity index is 1.89. The highest BCUT2D eigenvalue weighted by Crippen LogP contribution is 2.39. The third kappa shape index (κ3) is 3.17. The van der Waals surface area contributed by atoms with Crippen molar-refractivity contribution in [1.82, 2.24) is 0 Å². The fourth-order valence-electron chi connectivity index (χ4n) is 3.05. The molecular weight excluding hydrogens is 291 g/mol. The smallest absolute Gasteiger partial charge is 0.492 e. The van der Waals surface area contributed by atoms with E-state index in [4.69, 9.17) is 14.0 Å². The van der Waals surface area contributed by atoms with Crippen LogP contribution in [0, 0.1) is 5.41 Å². The number of hydrogen-bond acceptors (Lipinski definition) is 4. The van der Waals surface area contributed by atoms with E-state index in [0.29, 0.717) is 30.9 Å².